The summed E-state index contributed by atoms with van der Waals surface area (Å²) in [6.45, 7) is 17.8. The van der Waals surface area contributed by atoms with Gasteiger partial charge in [-0.2, -0.15) is 9.15 Å². The average molecular weight is 867 g/mol. The van der Waals surface area contributed by atoms with Gasteiger partial charge in [0.05, 0.1) is 26.4 Å². The van der Waals surface area contributed by atoms with Crippen LogP contribution in [0.2, 0.25) is 0 Å². The molecule has 0 spiro atoms. The molecule has 1 aliphatic rings. The van der Waals surface area contributed by atoms with Crippen LogP contribution in [0.5, 0.6) is 0 Å². The van der Waals surface area contributed by atoms with Crippen LogP contribution < -0.4 is 19.0 Å². The molecule has 0 aromatic heterocycles. The van der Waals surface area contributed by atoms with Crippen LogP contribution >= 0.6 is 0 Å². The predicted octanol–water partition coefficient (Wildman–Crippen LogP) is 15.6. The van der Waals surface area contributed by atoms with Crippen molar-refractivity contribution in [2.45, 2.75) is 144 Å². The van der Waals surface area contributed by atoms with Crippen LogP contribution in [-0.4, -0.2) is 51.8 Å². The second-order valence-corrected chi connectivity index (χ2v) is 17.8. The Kier molecular flexibility index (Phi) is 21.3. The molecule has 0 atom stereocenters. The number of anilines is 2. The molecule has 4 aromatic rings. The van der Waals surface area contributed by atoms with E-state index >= 15 is 0 Å². The zero-order valence-corrected chi connectivity index (χ0v) is 41.1. The summed E-state index contributed by atoms with van der Waals surface area (Å²) in [6.07, 6.45) is 24.5. The zero-order valence-electron chi connectivity index (χ0n) is 41.1. The van der Waals surface area contributed by atoms with E-state index in [0.717, 1.165) is 71.9 Å². The van der Waals surface area contributed by atoms with Gasteiger partial charge in [0.25, 0.3) is 11.4 Å². The smallest absolute Gasteiger partial charge is 0.258 e. The Morgan fingerprint density at radius 2 is 0.625 bits per heavy atom. The first-order chi connectivity index (χ1) is 31.3. The summed E-state index contributed by atoms with van der Waals surface area (Å²) in [6, 6.07) is 35.9. The van der Waals surface area contributed by atoms with Crippen LogP contribution in [0.3, 0.4) is 0 Å². The van der Waals surface area contributed by atoms with Crippen LogP contribution in [0.1, 0.15) is 142 Å². The van der Waals surface area contributed by atoms with Crippen molar-refractivity contribution in [3.05, 3.63) is 132 Å². The molecule has 0 N–H and O–H groups in total. The highest BCUT2D eigenvalue weighted by molar-refractivity contribution is 6.24. The second-order valence-electron chi connectivity index (χ2n) is 17.8. The SMILES string of the molecule is CCCCCCN(CCCCCC)c1ccc([N+](=C2C=C(OC)C(=[N+](c3ccc(C)cc3)c3ccc(C)cc3)C=C2OC)c2ccc(N(CCCCCC)CCCCCC)cc2)cc1. The molecule has 0 fully saturated rings. The molecule has 0 bridgehead atoms. The molecule has 0 aliphatic heterocycles. The molecule has 0 heterocycles. The van der Waals surface area contributed by atoms with Crippen molar-refractivity contribution < 1.29 is 9.47 Å². The number of allylic oxidation sites excluding steroid dienone is 2. The fourth-order valence-electron chi connectivity index (χ4n) is 8.74. The summed E-state index contributed by atoms with van der Waals surface area (Å²) in [5.41, 5.74) is 11.1. The molecule has 1 aliphatic carbocycles. The van der Waals surface area contributed by atoms with Gasteiger partial charge < -0.3 is 19.3 Å². The van der Waals surface area contributed by atoms with Gasteiger partial charge >= 0.3 is 0 Å². The predicted molar refractivity (Wildman–Crippen MR) is 279 cm³/mol. The van der Waals surface area contributed by atoms with E-state index in [9.17, 15) is 0 Å². The quantitative estimate of drug-likeness (QED) is 0.0323. The normalized spacial score (nSPS) is 12.5. The van der Waals surface area contributed by atoms with E-state index in [4.69, 9.17) is 9.47 Å². The highest BCUT2D eigenvalue weighted by Gasteiger charge is 2.35. The lowest BCUT2D eigenvalue weighted by atomic mass is 10.0. The van der Waals surface area contributed by atoms with Gasteiger partial charge in [0.15, 0.2) is 11.5 Å². The van der Waals surface area contributed by atoms with E-state index in [2.05, 4.69) is 170 Å². The summed E-state index contributed by atoms with van der Waals surface area (Å²) in [5.74, 6) is 1.51. The number of aryl methyl sites for hydroxylation is 2. The molecular formula is C58H82N4O2+2. The molecule has 6 heteroatoms. The molecule has 0 radical (unpaired) electrons. The van der Waals surface area contributed by atoms with E-state index in [1.165, 1.54) is 125 Å². The minimum Gasteiger partial charge on any atom is -0.490 e. The molecule has 0 unspecified atom stereocenters. The zero-order chi connectivity index (χ0) is 45.5. The van der Waals surface area contributed by atoms with Gasteiger partial charge in [-0.3, -0.25) is 0 Å². The van der Waals surface area contributed by atoms with Crippen LogP contribution in [0, 0.1) is 13.8 Å². The Morgan fingerprint density at radius 3 is 0.875 bits per heavy atom. The van der Waals surface area contributed by atoms with Gasteiger partial charge in [-0.1, -0.05) is 140 Å². The van der Waals surface area contributed by atoms with Crippen molar-refractivity contribution in [3.63, 3.8) is 0 Å². The standard InChI is InChI=1S/C58H82N4O2/c1-9-13-17-21-41-59(42-22-18-14-10-2)49-33-37-53(38-34-49)62(54-39-35-50(36-40-54)60(43-23-19-15-11-3)44-24-20-16-12-4)56-46-57(63-7)55(45-58(56)64-8)61(51-29-25-47(5)26-30-51)52-31-27-48(6)28-32-52/h25-40,45-46H,9-24,41-44H2,1-8H3/q+2. The molecule has 0 saturated heterocycles. The molecule has 6 nitrogen and oxygen atoms in total. The number of benzene rings is 4. The average Bonchev–Trinajstić information content (AvgIpc) is 3.32. The van der Waals surface area contributed by atoms with Crippen LogP contribution in [-0.2, 0) is 9.47 Å². The van der Waals surface area contributed by atoms with Gasteiger partial charge in [-0.25, -0.2) is 0 Å². The highest BCUT2D eigenvalue weighted by Crippen LogP contribution is 2.32. The maximum absolute atomic E-state index is 6.41. The Morgan fingerprint density at radius 1 is 0.359 bits per heavy atom. The number of ether oxygens (including phenoxy) is 2. The van der Waals surface area contributed by atoms with E-state index in [1.54, 1.807) is 14.2 Å². The van der Waals surface area contributed by atoms with Crippen LogP contribution in [0.15, 0.2) is 121 Å². The van der Waals surface area contributed by atoms with Gasteiger partial charge in [0.2, 0.25) is 22.7 Å². The summed E-state index contributed by atoms with van der Waals surface area (Å²) >= 11 is 0. The van der Waals surface area contributed by atoms with Crippen LogP contribution in [0.25, 0.3) is 0 Å². The molecule has 64 heavy (non-hydrogen) atoms. The summed E-state index contributed by atoms with van der Waals surface area (Å²) < 4.78 is 17.4. The fraction of sp³-hybridized carbons (Fsp3) is 0.483. The molecule has 344 valence electrons. The Balaban J connectivity index is 1.66. The lowest BCUT2D eigenvalue weighted by molar-refractivity contribution is 0.304. The van der Waals surface area contributed by atoms with Crippen molar-refractivity contribution in [2.24, 2.45) is 0 Å². The maximum atomic E-state index is 6.41. The van der Waals surface area contributed by atoms with E-state index in [0.29, 0.717) is 0 Å². The number of hydrogen-bond donors (Lipinski definition) is 0. The first-order valence-electron chi connectivity index (χ1n) is 25.0. The number of nitrogens with zero attached hydrogens (tertiary/aromatic N) is 4. The fourth-order valence-corrected chi connectivity index (χ4v) is 8.74. The maximum Gasteiger partial charge on any atom is 0.258 e. The summed E-state index contributed by atoms with van der Waals surface area (Å²) in [5, 5.41) is 0. The van der Waals surface area contributed by atoms with Gasteiger partial charge in [-0.05, 0) is 63.8 Å². The molecule has 0 amide bonds. The summed E-state index contributed by atoms with van der Waals surface area (Å²) in [7, 11) is 3.56. The first-order valence-corrected chi connectivity index (χ1v) is 25.0. The lowest BCUT2D eigenvalue weighted by Crippen LogP contribution is -2.29. The van der Waals surface area contributed by atoms with Gasteiger partial charge in [-0.15, -0.1) is 0 Å². The van der Waals surface area contributed by atoms with Crippen molar-refractivity contribution in [1.82, 2.24) is 9.15 Å². The monoisotopic (exact) mass is 867 g/mol. The largest absolute Gasteiger partial charge is 0.490 e. The Labute approximate surface area is 389 Å². The topological polar surface area (TPSA) is 31.0 Å². The molecule has 0 saturated carbocycles. The Bertz CT molecular complexity index is 1950. The molecule has 4 aromatic carbocycles. The van der Waals surface area contributed by atoms with E-state index < -0.39 is 0 Å². The lowest BCUT2D eigenvalue weighted by Gasteiger charge is -2.25. The van der Waals surface area contributed by atoms with E-state index in [-0.39, 0.29) is 0 Å². The number of hydrogen-bond acceptors (Lipinski definition) is 4. The van der Waals surface area contributed by atoms with E-state index in [1.807, 2.05) is 0 Å². The third-order valence-corrected chi connectivity index (χ3v) is 12.6. The minimum atomic E-state index is 0.755. The first kappa shape index (κ1) is 49.9. The van der Waals surface area contributed by atoms with Gasteiger partial charge in [0, 0.05) is 86.1 Å². The van der Waals surface area contributed by atoms with Crippen molar-refractivity contribution in [3.8, 4) is 0 Å². The van der Waals surface area contributed by atoms with Crippen molar-refractivity contribution >= 4 is 45.5 Å². The molecule has 5 rings (SSSR count). The number of rotatable bonds is 28. The van der Waals surface area contributed by atoms with Crippen molar-refractivity contribution in [1.29, 1.82) is 0 Å². The second kappa shape index (κ2) is 27.3. The van der Waals surface area contributed by atoms with Crippen LogP contribution in [0.4, 0.5) is 34.1 Å². The number of unbranched alkanes of at least 4 members (excludes halogenated alkanes) is 12. The molecular weight excluding hydrogens is 785 g/mol. The third-order valence-electron chi connectivity index (χ3n) is 12.6. The van der Waals surface area contributed by atoms with Gasteiger partial charge in [0.1, 0.15) is 0 Å². The Hall–Kier alpha value is -5.10. The minimum absolute atomic E-state index is 0.755. The summed E-state index contributed by atoms with van der Waals surface area (Å²) in [4.78, 5) is 5.24. The number of methoxy groups -OCH3 is 2. The highest BCUT2D eigenvalue weighted by atomic mass is 16.5. The third kappa shape index (κ3) is 14.5. The van der Waals surface area contributed by atoms with Crippen molar-refractivity contribution in [2.75, 3.05) is 50.2 Å².